The number of para-hydroxylation sites is 1. The maximum Gasteiger partial charge on any atom is 0.148 e. The van der Waals surface area contributed by atoms with Gasteiger partial charge in [-0.25, -0.2) is 4.98 Å². The van der Waals surface area contributed by atoms with Crippen LogP contribution in [0, 0.1) is 13.0 Å². The van der Waals surface area contributed by atoms with Crippen LogP contribution < -0.4 is 0 Å². The monoisotopic (exact) mass is 1050 g/mol. The van der Waals surface area contributed by atoms with Crippen molar-refractivity contribution in [2.45, 2.75) is 125 Å². The maximum absolute atomic E-state index is 12.5. The zero-order chi connectivity index (χ0) is 48.6. The molecule has 0 aliphatic rings. The summed E-state index contributed by atoms with van der Waals surface area (Å²) in [6, 6.07) is 46.1. The maximum atomic E-state index is 12.5. The van der Waals surface area contributed by atoms with E-state index in [0.717, 1.165) is 89.2 Å². The summed E-state index contributed by atoms with van der Waals surface area (Å²) in [6.07, 6.45) is 1.88. The van der Waals surface area contributed by atoms with E-state index in [9.17, 15) is 5.11 Å². The summed E-state index contributed by atoms with van der Waals surface area (Å²) in [5, 5.41) is 12.5. The van der Waals surface area contributed by atoms with Crippen molar-refractivity contribution in [3.8, 4) is 67.5 Å². The van der Waals surface area contributed by atoms with Crippen molar-refractivity contribution >= 4 is 11.0 Å². The van der Waals surface area contributed by atoms with Gasteiger partial charge in [0.15, 0.2) is 0 Å². The molecule has 0 spiro atoms. The zero-order valence-corrected chi connectivity index (χ0v) is 43.5. The van der Waals surface area contributed by atoms with Crippen molar-refractivity contribution in [1.29, 1.82) is 0 Å². The SMILES string of the molecule is [2H]C(C)(C)c1cccc(C([2H])(C)C)c1-c1ccc(-n2c(-c3cc(C(C)(C)C)cc(C(C)(C)C)c3O)nc3c(-c4[c-]c(-c5cc(-c6ccc(C)cc6)ccn5)cc(C(C)(C)C)c4)cccc32)cc1.[Pt]. The van der Waals surface area contributed by atoms with E-state index in [1.807, 2.05) is 52.1 Å². The van der Waals surface area contributed by atoms with Gasteiger partial charge in [-0.1, -0.05) is 186 Å². The van der Waals surface area contributed by atoms with Crippen LogP contribution in [-0.2, 0) is 37.3 Å². The molecule has 0 fully saturated rings. The first-order valence-electron chi connectivity index (χ1n) is 24.0. The number of aromatic nitrogens is 3. The molecule has 0 amide bonds. The number of nitrogens with zero attached hydrogens (tertiary/aromatic N) is 3. The number of phenolic OH excluding ortho intramolecular Hbond substituents is 1. The van der Waals surface area contributed by atoms with Crippen LogP contribution in [0.1, 0.15) is 138 Å². The largest absolute Gasteiger partial charge is 0.507 e. The van der Waals surface area contributed by atoms with E-state index in [1.54, 1.807) is 0 Å². The fraction of sp³-hybridized carbons (Fsp3) is 0.311. The van der Waals surface area contributed by atoms with Crippen molar-refractivity contribution in [3.63, 3.8) is 0 Å². The van der Waals surface area contributed by atoms with E-state index in [-0.39, 0.29) is 43.1 Å². The molecule has 2 aromatic heterocycles. The quantitative estimate of drug-likeness (QED) is 0.154. The summed E-state index contributed by atoms with van der Waals surface area (Å²) >= 11 is 0. The molecule has 5 heteroatoms. The second kappa shape index (κ2) is 18.3. The first-order chi connectivity index (χ1) is 31.2. The first kappa shape index (κ1) is 45.6. The Morgan fingerprint density at radius 1 is 0.606 bits per heavy atom. The Bertz CT molecular complexity index is 3120. The molecular weight excluding hydrogens is 986 g/mol. The Labute approximate surface area is 411 Å². The van der Waals surface area contributed by atoms with Crippen molar-refractivity contribution in [1.82, 2.24) is 14.5 Å². The van der Waals surface area contributed by atoms with Gasteiger partial charge in [-0.15, -0.1) is 29.3 Å². The molecule has 4 nitrogen and oxygen atoms in total. The van der Waals surface area contributed by atoms with Crippen LogP contribution in [-0.4, -0.2) is 19.6 Å². The fourth-order valence-electron chi connectivity index (χ4n) is 8.83. The number of fused-ring (bicyclic) bond motifs is 1. The van der Waals surface area contributed by atoms with Crippen LogP contribution in [0.25, 0.3) is 72.7 Å². The Hall–Kier alpha value is -5.57. The summed E-state index contributed by atoms with van der Waals surface area (Å²) in [4.78, 5) is 10.5. The summed E-state index contributed by atoms with van der Waals surface area (Å²) in [5.74, 6) is -0.932. The van der Waals surface area contributed by atoms with Crippen LogP contribution in [0.3, 0.4) is 0 Å². The summed E-state index contributed by atoms with van der Waals surface area (Å²) in [5.41, 5.74) is 16.2. The van der Waals surface area contributed by atoms with Gasteiger partial charge in [0.05, 0.1) is 16.6 Å². The summed E-state index contributed by atoms with van der Waals surface area (Å²) in [6.45, 7) is 29.5. The van der Waals surface area contributed by atoms with Crippen LogP contribution >= 0.6 is 0 Å². The average Bonchev–Trinajstić information content (AvgIpc) is 3.64. The number of phenols is 1. The van der Waals surface area contributed by atoms with E-state index in [4.69, 9.17) is 12.7 Å². The molecule has 0 bridgehead atoms. The molecule has 0 aliphatic heterocycles. The predicted octanol–water partition coefficient (Wildman–Crippen LogP) is 16.7. The van der Waals surface area contributed by atoms with Gasteiger partial charge >= 0.3 is 0 Å². The molecule has 0 unspecified atom stereocenters. The third kappa shape index (κ3) is 9.50. The van der Waals surface area contributed by atoms with Crippen molar-refractivity contribution in [2.75, 3.05) is 0 Å². The molecule has 1 N–H and O–H groups in total. The normalized spacial score (nSPS) is 13.1. The minimum absolute atomic E-state index is 0. The van der Waals surface area contributed by atoms with Gasteiger partial charge in [0.25, 0.3) is 0 Å². The third-order valence-corrected chi connectivity index (χ3v) is 12.7. The molecule has 8 rings (SSSR count). The molecule has 0 saturated carbocycles. The van der Waals surface area contributed by atoms with Gasteiger partial charge in [-0.2, -0.15) is 0 Å². The van der Waals surface area contributed by atoms with E-state index in [2.05, 4.69) is 183 Å². The number of hydrogen-bond donors (Lipinski definition) is 1. The summed E-state index contributed by atoms with van der Waals surface area (Å²) in [7, 11) is 0. The van der Waals surface area contributed by atoms with E-state index in [1.165, 1.54) is 5.56 Å². The van der Waals surface area contributed by atoms with Crippen LogP contribution in [0.15, 0.2) is 128 Å². The van der Waals surface area contributed by atoms with Gasteiger partial charge in [0.1, 0.15) is 11.6 Å². The summed E-state index contributed by atoms with van der Waals surface area (Å²) < 4.78 is 20.4. The molecule has 0 aliphatic carbocycles. The Morgan fingerprint density at radius 3 is 1.77 bits per heavy atom. The van der Waals surface area contributed by atoms with Gasteiger partial charge < -0.3 is 5.11 Å². The smallest absolute Gasteiger partial charge is 0.148 e. The molecule has 0 saturated heterocycles. The number of aromatic hydroxyl groups is 1. The van der Waals surface area contributed by atoms with Crippen LogP contribution in [0.5, 0.6) is 5.75 Å². The van der Waals surface area contributed by atoms with Gasteiger partial charge in [0, 0.05) is 46.9 Å². The van der Waals surface area contributed by atoms with E-state index < -0.39 is 11.8 Å². The number of rotatable bonds is 8. The minimum atomic E-state index is -0.888. The predicted molar refractivity (Wildman–Crippen MR) is 276 cm³/mol. The van der Waals surface area contributed by atoms with Crippen molar-refractivity contribution < 1.29 is 28.9 Å². The van der Waals surface area contributed by atoms with Crippen LogP contribution in [0.2, 0.25) is 0 Å². The number of pyridine rings is 1. The second-order valence-electron chi connectivity index (χ2n) is 21.4. The van der Waals surface area contributed by atoms with Gasteiger partial charge in [-0.3, -0.25) is 9.55 Å². The van der Waals surface area contributed by atoms with Crippen molar-refractivity contribution in [3.05, 3.63) is 167 Å². The van der Waals surface area contributed by atoms with Gasteiger partial charge in [0.2, 0.25) is 0 Å². The number of hydrogen-bond acceptors (Lipinski definition) is 3. The second-order valence-corrected chi connectivity index (χ2v) is 21.4. The number of imidazole rings is 1. The van der Waals surface area contributed by atoms with Crippen molar-refractivity contribution in [2.24, 2.45) is 0 Å². The average molecular weight is 1050 g/mol. The molecular formula is C61H66N3OPt-. The number of benzene rings is 6. The Morgan fingerprint density at radius 2 is 1.18 bits per heavy atom. The molecule has 6 aromatic carbocycles. The molecule has 66 heavy (non-hydrogen) atoms. The molecule has 8 aromatic rings. The zero-order valence-electron chi connectivity index (χ0n) is 43.2. The Balaban J connectivity index is 0.00000684. The Kier molecular flexibility index (Phi) is 12.6. The molecule has 0 radical (unpaired) electrons. The minimum Gasteiger partial charge on any atom is -0.507 e. The topological polar surface area (TPSA) is 50.9 Å². The van der Waals surface area contributed by atoms with E-state index >= 15 is 0 Å². The fourth-order valence-corrected chi connectivity index (χ4v) is 8.83. The van der Waals surface area contributed by atoms with Crippen LogP contribution in [0.4, 0.5) is 0 Å². The van der Waals surface area contributed by atoms with E-state index in [0.29, 0.717) is 11.4 Å². The third-order valence-electron chi connectivity index (χ3n) is 12.7. The molecule has 0 atom stereocenters. The standard InChI is InChI=1S/C61H66N3O.Pt/c1-37(2)48-17-15-18-49(38(3)4)55(48)41-25-27-47(28-26-41)64-54-20-16-19-50(56(54)63-58(64)51-35-46(60(9,10)11)36-52(57(51)65)61(12,13)14)43-31-44(33-45(32-43)59(6,7)8)53-34-42(29-30-62-53)40-23-21-39(5)22-24-40;/h15-30,32-38,65H,1-14H3;/q-1;/i37D,38D;. The molecule has 2 heterocycles. The first-order valence-corrected chi connectivity index (χ1v) is 23.0. The number of aryl methyl sites for hydroxylation is 1. The van der Waals surface area contributed by atoms with Gasteiger partial charge in [-0.05, 0) is 104 Å². The molecule has 342 valence electrons.